The number of anilines is 1. The van der Waals surface area contributed by atoms with E-state index in [2.05, 4.69) is 5.32 Å². The third-order valence-electron chi connectivity index (χ3n) is 4.44. The summed E-state index contributed by atoms with van der Waals surface area (Å²) in [7, 11) is 0. The van der Waals surface area contributed by atoms with Gasteiger partial charge in [0.25, 0.3) is 0 Å². The summed E-state index contributed by atoms with van der Waals surface area (Å²) >= 11 is 6.07. The van der Waals surface area contributed by atoms with Crippen molar-refractivity contribution in [2.75, 3.05) is 5.32 Å². The first-order valence-corrected chi connectivity index (χ1v) is 9.32. The fourth-order valence-electron chi connectivity index (χ4n) is 3.16. The second kappa shape index (κ2) is 8.15. The summed E-state index contributed by atoms with van der Waals surface area (Å²) in [6.07, 6.45) is 0.261. The predicted octanol–water partition coefficient (Wildman–Crippen LogP) is 4.44. The molecule has 2 aromatic rings. The highest BCUT2D eigenvalue weighted by molar-refractivity contribution is 6.31. The highest BCUT2D eigenvalue weighted by Crippen LogP contribution is 2.35. The zero-order chi connectivity index (χ0) is 21.1. The van der Waals surface area contributed by atoms with Gasteiger partial charge < -0.3 is 11.1 Å². The van der Waals surface area contributed by atoms with E-state index in [1.807, 2.05) is 26.8 Å². The van der Waals surface area contributed by atoms with Crippen molar-refractivity contribution in [1.29, 1.82) is 0 Å². The maximum absolute atomic E-state index is 13.0. The number of halogens is 1. The van der Waals surface area contributed by atoms with Gasteiger partial charge in [-0.2, -0.15) is 0 Å². The number of rotatable bonds is 6. The number of carbonyl (C=O) groups is 3. The van der Waals surface area contributed by atoms with Gasteiger partial charge in [0.05, 0.1) is 5.69 Å². The zero-order valence-electron chi connectivity index (χ0n) is 16.5. The monoisotopic (exact) mass is 400 g/mol. The second-order valence-corrected chi connectivity index (χ2v) is 8.71. The van der Waals surface area contributed by atoms with E-state index in [-0.39, 0.29) is 28.9 Å². The molecule has 0 bridgehead atoms. The molecule has 0 aliphatic rings. The lowest BCUT2D eigenvalue weighted by atomic mass is 9.73. The van der Waals surface area contributed by atoms with Crippen LogP contribution in [0.4, 0.5) is 5.69 Å². The van der Waals surface area contributed by atoms with E-state index in [1.54, 1.807) is 36.4 Å². The molecule has 5 nitrogen and oxygen atoms in total. The second-order valence-electron chi connectivity index (χ2n) is 8.27. The molecule has 0 aromatic heterocycles. The van der Waals surface area contributed by atoms with E-state index in [1.165, 1.54) is 13.0 Å². The number of nitrogens with one attached hydrogen (secondary N) is 1. The van der Waals surface area contributed by atoms with E-state index >= 15 is 0 Å². The Morgan fingerprint density at radius 3 is 2.14 bits per heavy atom. The third kappa shape index (κ3) is 4.98. The predicted molar refractivity (Wildman–Crippen MR) is 111 cm³/mol. The summed E-state index contributed by atoms with van der Waals surface area (Å²) in [5, 5.41) is 3.08. The first kappa shape index (κ1) is 21.6. The van der Waals surface area contributed by atoms with Gasteiger partial charge in [-0.1, -0.05) is 62.7 Å². The van der Waals surface area contributed by atoms with Gasteiger partial charge in [0.15, 0.2) is 5.78 Å². The van der Waals surface area contributed by atoms with Crippen molar-refractivity contribution in [3.05, 3.63) is 64.7 Å². The molecule has 2 aromatic carbocycles. The van der Waals surface area contributed by atoms with Crippen LogP contribution >= 0.6 is 11.6 Å². The Morgan fingerprint density at radius 1 is 1.00 bits per heavy atom. The summed E-state index contributed by atoms with van der Waals surface area (Å²) in [4.78, 5) is 38.0. The van der Waals surface area contributed by atoms with Crippen molar-refractivity contribution in [2.24, 2.45) is 16.6 Å². The fraction of sp³-hybridized carbons (Fsp3) is 0.318. The summed E-state index contributed by atoms with van der Waals surface area (Å²) in [5.74, 6) is -1.56. The van der Waals surface area contributed by atoms with E-state index < -0.39 is 17.2 Å². The van der Waals surface area contributed by atoms with Gasteiger partial charge in [-0.3, -0.25) is 14.4 Å². The quantitative estimate of drug-likeness (QED) is 0.555. The van der Waals surface area contributed by atoms with Gasteiger partial charge in [-0.05, 0) is 37.0 Å². The molecule has 2 rings (SSSR count). The normalized spacial score (nSPS) is 13.5. The van der Waals surface area contributed by atoms with Gasteiger partial charge in [0.2, 0.25) is 11.8 Å². The highest BCUT2D eigenvalue weighted by Gasteiger charge is 2.42. The van der Waals surface area contributed by atoms with Crippen molar-refractivity contribution < 1.29 is 14.4 Å². The van der Waals surface area contributed by atoms with Crippen LogP contribution in [0.5, 0.6) is 0 Å². The number of benzene rings is 2. The average molecular weight is 401 g/mol. The summed E-state index contributed by atoms with van der Waals surface area (Å²) in [6, 6.07) is 13.3. The molecule has 6 heteroatoms. The minimum Gasteiger partial charge on any atom is -0.369 e. The molecule has 0 saturated heterocycles. The van der Waals surface area contributed by atoms with Crippen molar-refractivity contribution in [3.8, 4) is 0 Å². The zero-order valence-corrected chi connectivity index (χ0v) is 17.3. The van der Waals surface area contributed by atoms with E-state index in [0.29, 0.717) is 10.6 Å². The maximum Gasteiger partial charge on any atom is 0.239 e. The van der Waals surface area contributed by atoms with Crippen molar-refractivity contribution in [1.82, 2.24) is 0 Å². The number of hydrogen-bond donors (Lipinski definition) is 2. The van der Waals surface area contributed by atoms with Gasteiger partial charge in [-0.25, -0.2) is 0 Å². The van der Waals surface area contributed by atoms with Gasteiger partial charge in [-0.15, -0.1) is 0 Å². The summed E-state index contributed by atoms with van der Waals surface area (Å²) in [5.41, 5.74) is 4.82. The number of ketones is 1. The Bertz CT molecular complexity index is 904. The van der Waals surface area contributed by atoms with Crippen molar-refractivity contribution in [2.45, 2.75) is 34.1 Å². The Hall–Kier alpha value is -2.66. The molecule has 0 unspecified atom stereocenters. The summed E-state index contributed by atoms with van der Waals surface area (Å²) in [6.45, 7) is 7.29. The maximum atomic E-state index is 13.0. The fourth-order valence-corrected chi connectivity index (χ4v) is 3.33. The van der Waals surface area contributed by atoms with Crippen LogP contribution in [0.25, 0.3) is 0 Å². The molecule has 0 aliphatic heterocycles. The number of hydrogen-bond acceptors (Lipinski definition) is 3. The minimum atomic E-state index is -1.43. The molecular formula is C22H25ClN2O3. The van der Waals surface area contributed by atoms with Gasteiger partial charge in [0.1, 0.15) is 5.41 Å². The van der Waals surface area contributed by atoms with Crippen LogP contribution in [0.1, 0.15) is 50.0 Å². The van der Waals surface area contributed by atoms with Crippen LogP contribution < -0.4 is 11.1 Å². The molecular weight excluding hydrogens is 376 g/mol. The van der Waals surface area contributed by atoms with Crippen molar-refractivity contribution in [3.63, 3.8) is 0 Å². The van der Waals surface area contributed by atoms with Crippen LogP contribution in [0.2, 0.25) is 5.02 Å². The molecule has 28 heavy (non-hydrogen) atoms. The third-order valence-corrected chi connectivity index (χ3v) is 4.67. The molecule has 2 amide bonds. The molecule has 0 heterocycles. The van der Waals surface area contributed by atoms with E-state index in [4.69, 9.17) is 17.3 Å². The molecule has 3 N–H and O–H groups in total. The standard InChI is InChI=1S/C22H25ClN2O3/c1-21(2,3)13-22(4,19(24)27)20(28)25-17-11-10-15(23)12-16(17)18(26)14-8-6-5-7-9-14/h5-12H,13H2,1-4H3,(H2,24,27)(H,25,28)/t22-/m1/s1. The number of nitrogens with two attached hydrogens (primary N) is 1. The first-order chi connectivity index (χ1) is 12.9. The molecule has 148 valence electrons. The lowest BCUT2D eigenvalue weighted by molar-refractivity contribution is -0.139. The number of carbonyl (C=O) groups excluding carboxylic acids is 3. The minimum absolute atomic E-state index is 0.245. The SMILES string of the molecule is CC(C)(C)C[C@](C)(C(N)=O)C(=O)Nc1ccc(Cl)cc1C(=O)c1ccccc1. The van der Waals surface area contributed by atoms with Crippen LogP contribution in [-0.2, 0) is 9.59 Å². The molecule has 0 aliphatic carbocycles. The molecule has 0 fully saturated rings. The highest BCUT2D eigenvalue weighted by atomic mass is 35.5. The van der Waals surface area contributed by atoms with Crippen LogP contribution in [0, 0.1) is 10.8 Å². The van der Waals surface area contributed by atoms with Crippen molar-refractivity contribution >= 4 is 34.9 Å². The number of primary amides is 1. The smallest absolute Gasteiger partial charge is 0.239 e. The number of amides is 2. The lowest BCUT2D eigenvalue weighted by Crippen LogP contribution is -2.47. The van der Waals surface area contributed by atoms with Crippen LogP contribution in [-0.4, -0.2) is 17.6 Å². The van der Waals surface area contributed by atoms with Crippen LogP contribution in [0.3, 0.4) is 0 Å². The van der Waals surface area contributed by atoms with Gasteiger partial charge in [0, 0.05) is 16.1 Å². The Kier molecular flexibility index (Phi) is 6.30. The molecule has 0 saturated carbocycles. The van der Waals surface area contributed by atoms with Gasteiger partial charge >= 0.3 is 0 Å². The average Bonchev–Trinajstić information content (AvgIpc) is 2.61. The largest absolute Gasteiger partial charge is 0.369 e. The molecule has 1 atom stereocenters. The first-order valence-electron chi connectivity index (χ1n) is 8.95. The van der Waals surface area contributed by atoms with E-state index in [9.17, 15) is 14.4 Å². The topological polar surface area (TPSA) is 89.3 Å². The Labute approximate surface area is 170 Å². The molecule has 0 radical (unpaired) electrons. The lowest BCUT2D eigenvalue weighted by Gasteiger charge is -2.32. The molecule has 0 spiro atoms. The Balaban J connectivity index is 2.42. The summed E-state index contributed by atoms with van der Waals surface area (Å²) < 4.78 is 0. The Morgan fingerprint density at radius 2 is 1.61 bits per heavy atom. The van der Waals surface area contributed by atoms with E-state index in [0.717, 1.165) is 0 Å². The van der Waals surface area contributed by atoms with Crippen LogP contribution in [0.15, 0.2) is 48.5 Å².